The van der Waals surface area contributed by atoms with Gasteiger partial charge in [-0.1, -0.05) is 24.3 Å². The summed E-state index contributed by atoms with van der Waals surface area (Å²) in [5.74, 6) is 0.913. The second-order valence-corrected chi connectivity index (χ2v) is 5.99. The highest BCUT2D eigenvalue weighted by Crippen LogP contribution is 2.18. The van der Waals surface area contributed by atoms with Crippen molar-refractivity contribution in [2.45, 2.75) is 25.4 Å². The zero-order valence-corrected chi connectivity index (χ0v) is 13.7. The van der Waals surface area contributed by atoms with E-state index in [1.165, 1.54) is 0 Å². The topological polar surface area (TPSA) is 54.5 Å². The van der Waals surface area contributed by atoms with E-state index in [1.54, 1.807) is 6.20 Å². The third-order valence-electron chi connectivity index (χ3n) is 4.22. The minimum absolute atomic E-state index is 0.0345. The molecule has 1 saturated heterocycles. The molecule has 1 N–H and O–H groups in total. The number of hydrogen-bond donors (Lipinski definition) is 1. The third kappa shape index (κ3) is 4.80. The van der Waals surface area contributed by atoms with Gasteiger partial charge in [0.2, 0.25) is 5.91 Å². The van der Waals surface area contributed by atoms with Crippen LogP contribution in [0, 0.1) is 0 Å². The Morgan fingerprint density at radius 1 is 1.21 bits per heavy atom. The van der Waals surface area contributed by atoms with Gasteiger partial charge in [0.05, 0.1) is 18.8 Å². The summed E-state index contributed by atoms with van der Waals surface area (Å²) in [6, 6.07) is 15.8. The molecule has 0 unspecified atom stereocenters. The highest BCUT2D eigenvalue weighted by Gasteiger charge is 2.26. The minimum atomic E-state index is 0.0345. The van der Waals surface area contributed by atoms with E-state index in [1.807, 2.05) is 48.5 Å². The van der Waals surface area contributed by atoms with Crippen molar-refractivity contribution >= 4 is 5.91 Å². The molecule has 0 aliphatic carbocycles. The molecule has 0 spiro atoms. The summed E-state index contributed by atoms with van der Waals surface area (Å²) in [7, 11) is 0. The third-order valence-corrected chi connectivity index (χ3v) is 4.22. The lowest BCUT2D eigenvalue weighted by atomic mass is 10.2. The van der Waals surface area contributed by atoms with E-state index >= 15 is 0 Å². The van der Waals surface area contributed by atoms with Crippen LogP contribution < -0.4 is 10.1 Å². The van der Waals surface area contributed by atoms with Crippen molar-refractivity contribution in [3.8, 4) is 5.75 Å². The van der Waals surface area contributed by atoms with Gasteiger partial charge in [-0.15, -0.1) is 0 Å². The monoisotopic (exact) mass is 325 g/mol. The molecule has 1 aromatic heterocycles. The molecule has 1 aliphatic heterocycles. The number of nitrogens with zero attached hydrogens (tertiary/aromatic N) is 2. The van der Waals surface area contributed by atoms with Gasteiger partial charge >= 0.3 is 0 Å². The number of aromatic nitrogens is 1. The maximum atomic E-state index is 12.2. The Morgan fingerprint density at radius 2 is 2.04 bits per heavy atom. The molecule has 24 heavy (non-hydrogen) atoms. The van der Waals surface area contributed by atoms with Gasteiger partial charge in [0, 0.05) is 12.2 Å². The minimum Gasteiger partial charge on any atom is -0.492 e. The molecule has 1 aromatic carbocycles. The quantitative estimate of drug-likeness (QED) is 0.848. The molecule has 5 heteroatoms. The van der Waals surface area contributed by atoms with Crippen molar-refractivity contribution < 1.29 is 9.53 Å². The summed E-state index contributed by atoms with van der Waals surface area (Å²) in [6.45, 7) is 2.45. The van der Waals surface area contributed by atoms with Crippen molar-refractivity contribution in [1.82, 2.24) is 15.2 Å². The van der Waals surface area contributed by atoms with Gasteiger partial charge in [0.15, 0.2) is 0 Å². The highest BCUT2D eigenvalue weighted by molar-refractivity contribution is 5.78. The average Bonchev–Trinajstić information content (AvgIpc) is 3.07. The molecule has 1 amide bonds. The van der Waals surface area contributed by atoms with Crippen molar-refractivity contribution in [2.75, 3.05) is 19.7 Å². The Hall–Kier alpha value is -2.40. The van der Waals surface area contributed by atoms with Gasteiger partial charge in [-0.05, 0) is 43.7 Å². The molecule has 0 radical (unpaired) electrons. The van der Waals surface area contributed by atoms with Gasteiger partial charge in [0.25, 0.3) is 0 Å². The number of carbonyl (C=O) groups excluding carboxylic acids is 1. The Balaban J connectivity index is 1.44. The van der Waals surface area contributed by atoms with Crippen molar-refractivity contribution in [3.05, 3.63) is 60.4 Å². The second-order valence-electron chi connectivity index (χ2n) is 5.99. The number of carbonyl (C=O) groups is 1. The number of amides is 1. The van der Waals surface area contributed by atoms with E-state index in [0.717, 1.165) is 30.8 Å². The average molecular weight is 325 g/mol. The number of pyridine rings is 1. The fraction of sp³-hybridized carbons (Fsp3) is 0.368. The maximum Gasteiger partial charge on any atom is 0.234 e. The van der Waals surface area contributed by atoms with Crippen molar-refractivity contribution in [2.24, 2.45) is 0 Å². The largest absolute Gasteiger partial charge is 0.492 e. The highest BCUT2D eigenvalue weighted by atomic mass is 16.5. The Bertz CT molecular complexity index is 634. The van der Waals surface area contributed by atoms with E-state index in [4.69, 9.17) is 4.74 Å². The van der Waals surface area contributed by atoms with Crippen LogP contribution in [0.15, 0.2) is 54.7 Å². The molecule has 0 saturated carbocycles. The fourth-order valence-electron chi connectivity index (χ4n) is 2.93. The van der Waals surface area contributed by atoms with Gasteiger partial charge in [0.1, 0.15) is 12.4 Å². The van der Waals surface area contributed by atoms with Crippen LogP contribution in [-0.4, -0.2) is 41.5 Å². The number of nitrogens with one attached hydrogen (secondary N) is 1. The predicted molar refractivity (Wildman–Crippen MR) is 92.6 cm³/mol. The summed E-state index contributed by atoms with van der Waals surface area (Å²) in [6.07, 6.45) is 3.91. The molecular weight excluding hydrogens is 302 g/mol. The van der Waals surface area contributed by atoms with Crippen LogP contribution in [-0.2, 0) is 11.3 Å². The van der Waals surface area contributed by atoms with Crippen LogP contribution in [0.3, 0.4) is 0 Å². The number of hydrogen-bond acceptors (Lipinski definition) is 4. The van der Waals surface area contributed by atoms with Crippen LogP contribution in [0.5, 0.6) is 5.75 Å². The van der Waals surface area contributed by atoms with Crippen LogP contribution in [0.25, 0.3) is 0 Å². The number of likely N-dealkylation sites (tertiary alicyclic amines) is 1. The lowest BCUT2D eigenvalue weighted by Gasteiger charge is -2.24. The number of ether oxygens (including phenoxy) is 1. The lowest BCUT2D eigenvalue weighted by molar-refractivity contribution is -0.122. The van der Waals surface area contributed by atoms with E-state index in [9.17, 15) is 4.79 Å². The SMILES string of the molecule is O=C(CN1CCC[C@H]1COc1ccccc1)NCc1ccccn1. The number of benzene rings is 1. The normalized spacial score (nSPS) is 17.6. The molecule has 1 aliphatic rings. The molecule has 2 aromatic rings. The molecule has 1 fully saturated rings. The fourth-order valence-corrected chi connectivity index (χ4v) is 2.93. The first-order valence-corrected chi connectivity index (χ1v) is 8.40. The zero-order valence-electron chi connectivity index (χ0n) is 13.7. The first-order chi connectivity index (χ1) is 11.8. The van der Waals surface area contributed by atoms with E-state index in [2.05, 4.69) is 15.2 Å². The second kappa shape index (κ2) is 8.45. The molecule has 2 heterocycles. The smallest absolute Gasteiger partial charge is 0.234 e. The summed E-state index contributed by atoms with van der Waals surface area (Å²) in [4.78, 5) is 18.6. The van der Waals surface area contributed by atoms with E-state index < -0.39 is 0 Å². The standard InChI is InChI=1S/C19H23N3O2/c23-19(21-13-16-7-4-5-11-20-16)14-22-12-6-8-17(22)15-24-18-9-2-1-3-10-18/h1-5,7,9-11,17H,6,8,12-15H2,(H,21,23)/t17-/m0/s1. The Morgan fingerprint density at radius 3 is 2.83 bits per heavy atom. The van der Waals surface area contributed by atoms with Crippen LogP contribution in [0.2, 0.25) is 0 Å². The summed E-state index contributed by atoms with van der Waals surface area (Å²) in [5.41, 5.74) is 0.872. The Kier molecular flexibility index (Phi) is 5.80. The predicted octanol–water partition coefficient (Wildman–Crippen LogP) is 2.24. The number of rotatable bonds is 7. The van der Waals surface area contributed by atoms with Gasteiger partial charge in [-0.2, -0.15) is 0 Å². The van der Waals surface area contributed by atoms with Gasteiger partial charge in [-0.3, -0.25) is 14.7 Å². The summed E-state index contributed by atoms with van der Waals surface area (Å²) >= 11 is 0. The van der Waals surface area contributed by atoms with Gasteiger partial charge in [-0.25, -0.2) is 0 Å². The first-order valence-electron chi connectivity index (χ1n) is 8.40. The van der Waals surface area contributed by atoms with Crippen LogP contribution in [0.4, 0.5) is 0 Å². The maximum absolute atomic E-state index is 12.2. The van der Waals surface area contributed by atoms with Crippen molar-refractivity contribution in [3.63, 3.8) is 0 Å². The van der Waals surface area contributed by atoms with Gasteiger partial charge < -0.3 is 10.1 Å². The molecule has 5 nitrogen and oxygen atoms in total. The number of para-hydroxylation sites is 1. The van der Waals surface area contributed by atoms with Crippen LogP contribution in [0.1, 0.15) is 18.5 Å². The van der Waals surface area contributed by atoms with Crippen molar-refractivity contribution in [1.29, 1.82) is 0 Å². The lowest BCUT2D eigenvalue weighted by Crippen LogP contribution is -2.41. The summed E-state index contributed by atoms with van der Waals surface area (Å²) < 4.78 is 5.85. The Labute approximate surface area is 142 Å². The molecule has 1 atom stereocenters. The molecular formula is C19H23N3O2. The summed E-state index contributed by atoms with van der Waals surface area (Å²) in [5, 5.41) is 2.94. The molecule has 126 valence electrons. The molecule has 3 rings (SSSR count). The van der Waals surface area contributed by atoms with Crippen LogP contribution >= 0.6 is 0 Å². The van der Waals surface area contributed by atoms with E-state index in [-0.39, 0.29) is 5.91 Å². The van der Waals surface area contributed by atoms with E-state index in [0.29, 0.717) is 25.7 Å². The first kappa shape index (κ1) is 16.5. The zero-order chi connectivity index (χ0) is 16.6. The molecule has 0 bridgehead atoms.